The summed E-state index contributed by atoms with van der Waals surface area (Å²) in [5.41, 5.74) is 2.23. The minimum absolute atomic E-state index is 0.204. The summed E-state index contributed by atoms with van der Waals surface area (Å²) >= 11 is 14.4. The quantitative estimate of drug-likeness (QED) is 0.488. The Labute approximate surface area is 160 Å². The minimum atomic E-state index is -0.443. The molecule has 3 nitrogen and oxygen atoms in total. The van der Waals surface area contributed by atoms with Crippen LogP contribution in [0.25, 0.3) is 20.5 Å². The van der Waals surface area contributed by atoms with E-state index in [2.05, 4.69) is 12.1 Å². The number of carbonyl (C=O) groups is 1. The molecule has 6 heteroatoms. The molecule has 3 rings (SSSR count). The van der Waals surface area contributed by atoms with Gasteiger partial charge in [0.15, 0.2) is 6.61 Å². The number of carbonyl (C=O) groups excluding carboxylic acids is 1. The van der Waals surface area contributed by atoms with E-state index in [4.69, 9.17) is 32.7 Å². The highest BCUT2D eigenvalue weighted by Crippen LogP contribution is 2.47. The van der Waals surface area contributed by atoms with Crippen molar-refractivity contribution in [2.24, 2.45) is 0 Å². The lowest BCUT2D eigenvalue weighted by atomic mass is 10.1. The van der Waals surface area contributed by atoms with Crippen molar-refractivity contribution in [3.8, 4) is 16.2 Å². The van der Waals surface area contributed by atoms with Gasteiger partial charge in [-0.05, 0) is 31.0 Å². The number of hydrogen-bond donors (Lipinski definition) is 0. The first-order chi connectivity index (χ1) is 12.0. The smallest absolute Gasteiger partial charge is 0.344 e. The lowest BCUT2D eigenvalue weighted by Crippen LogP contribution is -2.14. The molecule has 0 N–H and O–H groups in total. The SMILES string of the molecule is CCOC(=O)COc1cc2c(C)c(-c3ccccc3)sc2c(Cl)c1Cl. The first-order valence-electron chi connectivity index (χ1n) is 7.77. The maximum atomic E-state index is 11.5. The molecule has 3 aromatic rings. The summed E-state index contributed by atoms with van der Waals surface area (Å²) in [5.74, 6) is -0.0606. The van der Waals surface area contributed by atoms with Crippen molar-refractivity contribution in [3.05, 3.63) is 52.0 Å². The molecule has 2 aromatic carbocycles. The molecule has 0 amide bonds. The molecular weight excluding hydrogens is 379 g/mol. The molecule has 0 aliphatic carbocycles. The van der Waals surface area contributed by atoms with Crippen molar-refractivity contribution in [2.45, 2.75) is 13.8 Å². The Kier molecular flexibility index (Phi) is 5.52. The second-order valence-electron chi connectivity index (χ2n) is 5.40. The standard InChI is InChI=1S/C19H16Cl2O3S/c1-3-23-15(22)10-24-14-9-13-11(2)18(12-7-5-4-6-8-12)25-19(13)17(21)16(14)20/h4-9H,3,10H2,1-2H3. The van der Waals surface area contributed by atoms with E-state index in [1.54, 1.807) is 18.3 Å². The number of esters is 1. The van der Waals surface area contributed by atoms with Gasteiger partial charge in [0.25, 0.3) is 0 Å². The lowest BCUT2D eigenvalue weighted by Gasteiger charge is -2.09. The lowest BCUT2D eigenvalue weighted by molar-refractivity contribution is -0.145. The van der Waals surface area contributed by atoms with Crippen LogP contribution in [0.1, 0.15) is 12.5 Å². The molecule has 0 spiro atoms. The maximum Gasteiger partial charge on any atom is 0.344 e. The summed E-state index contributed by atoms with van der Waals surface area (Å²) in [4.78, 5) is 12.6. The fourth-order valence-electron chi connectivity index (χ4n) is 2.57. The predicted molar refractivity (Wildman–Crippen MR) is 104 cm³/mol. The summed E-state index contributed by atoms with van der Waals surface area (Å²) in [7, 11) is 0. The van der Waals surface area contributed by atoms with Crippen LogP contribution in [0, 0.1) is 6.92 Å². The zero-order chi connectivity index (χ0) is 18.0. The number of aryl methyl sites for hydroxylation is 1. The first kappa shape index (κ1) is 18.1. The number of thiophene rings is 1. The summed E-state index contributed by atoms with van der Waals surface area (Å²) in [6.07, 6.45) is 0. The van der Waals surface area contributed by atoms with Gasteiger partial charge in [0.05, 0.1) is 16.3 Å². The largest absolute Gasteiger partial charge is 0.480 e. The summed E-state index contributed by atoms with van der Waals surface area (Å²) in [6.45, 7) is 3.89. The van der Waals surface area contributed by atoms with Gasteiger partial charge in [0.2, 0.25) is 0 Å². The van der Waals surface area contributed by atoms with Gasteiger partial charge >= 0.3 is 5.97 Å². The van der Waals surface area contributed by atoms with E-state index in [1.807, 2.05) is 31.2 Å². The molecule has 0 radical (unpaired) electrons. The van der Waals surface area contributed by atoms with Crippen LogP contribution >= 0.6 is 34.5 Å². The molecular formula is C19H16Cl2O3S. The molecule has 0 saturated heterocycles. The molecule has 1 aromatic heterocycles. The van der Waals surface area contributed by atoms with Crippen LogP contribution in [-0.2, 0) is 9.53 Å². The Morgan fingerprint density at radius 1 is 1.16 bits per heavy atom. The average Bonchev–Trinajstić information content (AvgIpc) is 2.95. The van der Waals surface area contributed by atoms with Gasteiger partial charge in [-0.3, -0.25) is 0 Å². The summed E-state index contributed by atoms with van der Waals surface area (Å²) in [6, 6.07) is 11.9. The van der Waals surface area contributed by atoms with Gasteiger partial charge in [-0.1, -0.05) is 53.5 Å². The van der Waals surface area contributed by atoms with Gasteiger partial charge in [-0.25, -0.2) is 4.79 Å². The van der Waals surface area contributed by atoms with Crippen LogP contribution in [0.3, 0.4) is 0 Å². The van der Waals surface area contributed by atoms with Crippen LogP contribution in [0.4, 0.5) is 0 Å². The van der Waals surface area contributed by atoms with Crippen molar-refractivity contribution in [1.29, 1.82) is 0 Å². The monoisotopic (exact) mass is 394 g/mol. The number of ether oxygens (including phenoxy) is 2. The predicted octanol–water partition coefficient (Wildman–Crippen LogP) is 6.13. The van der Waals surface area contributed by atoms with Crippen LogP contribution in [-0.4, -0.2) is 19.2 Å². The number of hydrogen-bond acceptors (Lipinski definition) is 4. The number of halogens is 2. The van der Waals surface area contributed by atoms with Crippen LogP contribution in [0.15, 0.2) is 36.4 Å². The molecule has 1 heterocycles. The third kappa shape index (κ3) is 3.61. The van der Waals surface area contributed by atoms with Crippen molar-refractivity contribution in [3.63, 3.8) is 0 Å². The first-order valence-corrected chi connectivity index (χ1v) is 9.35. The number of rotatable bonds is 5. The van der Waals surface area contributed by atoms with Crippen molar-refractivity contribution < 1.29 is 14.3 Å². The van der Waals surface area contributed by atoms with Gasteiger partial charge < -0.3 is 9.47 Å². The van der Waals surface area contributed by atoms with E-state index in [-0.39, 0.29) is 6.61 Å². The van der Waals surface area contributed by atoms with Crippen molar-refractivity contribution in [1.82, 2.24) is 0 Å². The summed E-state index contributed by atoms with van der Waals surface area (Å²) < 4.78 is 11.3. The van der Waals surface area contributed by atoms with Crippen molar-refractivity contribution in [2.75, 3.05) is 13.2 Å². The Bertz CT molecular complexity index is 920. The highest BCUT2D eigenvalue weighted by molar-refractivity contribution is 7.23. The van der Waals surface area contributed by atoms with Crippen LogP contribution < -0.4 is 4.74 Å². The van der Waals surface area contributed by atoms with E-state index < -0.39 is 5.97 Å². The Morgan fingerprint density at radius 2 is 1.88 bits per heavy atom. The average molecular weight is 395 g/mol. The molecule has 0 fully saturated rings. The Morgan fingerprint density at radius 3 is 2.56 bits per heavy atom. The van der Waals surface area contributed by atoms with E-state index in [0.717, 1.165) is 26.1 Å². The van der Waals surface area contributed by atoms with Gasteiger partial charge in [-0.15, -0.1) is 11.3 Å². The molecule has 0 aliphatic rings. The zero-order valence-corrected chi connectivity index (χ0v) is 16.1. The topological polar surface area (TPSA) is 35.5 Å². The van der Waals surface area contributed by atoms with E-state index >= 15 is 0 Å². The molecule has 25 heavy (non-hydrogen) atoms. The van der Waals surface area contributed by atoms with Gasteiger partial charge in [0, 0.05) is 10.3 Å². The third-order valence-corrected chi connectivity index (χ3v) is 6.10. The second kappa shape index (κ2) is 7.65. The Hall–Kier alpha value is -1.75. The molecule has 0 bridgehead atoms. The van der Waals surface area contributed by atoms with Crippen LogP contribution in [0.2, 0.25) is 10.0 Å². The van der Waals surface area contributed by atoms with Gasteiger partial charge in [-0.2, -0.15) is 0 Å². The number of benzene rings is 2. The molecule has 130 valence electrons. The van der Waals surface area contributed by atoms with Crippen molar-refractivity contribution >= 4 is 50.6 Å². The minimum Gasteiger partial charge on any atom is -0.480 e. The maximum absolute atomic E-state index is 11.5. The second-order valence-corrected chi connectivity index (χ2v) is 7.17. The normalized spacial score (nSPS) is 10.9. The highest BCUT2D eigenvalue weighted by Gasteiger charge is 2.19. The molecule has 0 saturated carbocycles. The zero-order valence-electron chi connectivity index (χ0n) is 13.8. The van der Waals surface area contributed by atoms with Crippen LogP contribution in [0.5, 0.6) is 5.75 Å². The van der Waals surface area contributed by atoms with E-state index in [0.29, 0.717) is 22.4 Å². The third-order valence-electron chi connectivity index (χ3n) is 3.76. The molecule has 0 atom stereocenters. The summed E-state index contributed by atoms with van der Waals surface area (Å²) in [5, 5.41) is 1.71. The highest BCUT2D eigenvalue weighted by atomic mass is 35.5. The fraction of sp³-hybridized carbons (Fsp3) is 0.211. The molecule has 0 unspecified atom stereocenters. The van der Waals surface area contributed by atoms with E-state index in [9.17, 15) is 4.79 Å². The molecule has 0 aliphatic heterocycles. The number of fused-ring (bicyclic) bond motifs is 1. The Balaban J connectivity index is 2.03. The fourth-order valence-corrected chi connectivity index (χ4v) is 4.38. The van der Waals surface area contributed by atoms with E-state index in [1.165, 1.54) is 0 Å². The van der Waals surface area contributed by atoms with Gasteiger partial charge in [0.1, 0.15) is 10.8 Å².